The molecular formula is C12H15N5S. The number of hydrogen-bond donors (Lipinski definition) is 1. The number of nitrogens with zero attached hydrogens (tertiary/aromatic N) is 4. The van der Waals surface area contributed by atoms with E-state index in [1.54, 1.807) is 12.3 Å². The topological polar surface area (TPSA) is 67.9 Å². The van der Waals surface area contributed by atoms with E-state index in [2.05, 4.69) is 15.0 Å². The normalized spacial score (nSPS) is 10.3. The molecular weight excluding hydrogens is 246 g/mol. The van der Waals surface area contributed by atoms with E-state index in [4.69, 9.17) is 5.73 Å². The first-order valence-corrected chi connectivity index (χ1v) is 6.70. The Labute approximate surface area is 110 Å². The van der Waals surface area contributed by atoms with Gasteiger partial charge in [0.2, 0.25) is 0 Å². The van der Waals surface area contributed by atoms with E-state index >= 15 is 0 Å². The van der Waals surface area contributed by atoms with Gasteiger partial charge in [0.15, 0.2) is 5.16 Å². The molecule has 2 rings (SSSR count). The number of nitrogens with two attached hydrogens (primary N) is 1. The molecule has 0 bridgehead atoms. The summed E-state index contributed by atoms with van der Waals surface area (Å²) in [6, 6.07) is 5.73. The summed E-state index contributed by atoms with van der Waals surface area (Å²) in [5.41, 5.74) is 6.89. The van der Waals surface area contributed by atoms with Gasteiger partial charge in [0.1, 0.15) is 11.6 Å². The second-order valence-electron chi connectivity index (χ2n) is 3.86. The van der Waals surface area contributed by atoms with Crippen molar-refractivity contribution in [2.75, 3.05) is 23.9 Å². The van der Waals surface area contributed by atoms with Crippen molar-refractivity contribution in [2.24, 2.45) is 0 Å². The van der Waals surface area contributed by atoms with Gasteiger partial charge in [-0.25, -0.2) is 9.97 Å². The minimum atomic E-state index is 0.488. The molecule has 0 fully saturated rings. The fourth-order valence-corrected chi connectivity index (χ4v) is 1.95. The highest BCUT2D eigenvalue weighted by Crippen LogP contribution is 2.19. The lowest BCUT2D eigenvalue weighted by Gasteiger charge is -2.18. The fourth-order valence-electron chi connectivity index (χ4n) is 1.56. The average molecular weight is 261 g/mol. The standard InChI is InChI=1S/C12H15N5S/c1-17(8-9-4-3-5-14-7-9)11-6-10(13)15-12(16-11)18-2/h3-7H,8H2,1-2H3,(H2,13,15,16). The molecule has 0 saturated heterocycles. The van der Waals surface area contributed by atoms with Gasteiger partial charge in [-0.2, -0.15) is 0 Å². The highest BCUT2D eigenvalue weighted by Gasteiger charge is 2.07. The molecule has 0 amide bonds. The predicted octanol–water partition coefficient (Wildman–Crippen LogP) is 1.81. The zero-order chi connectivity index (χ0) is 13.0. The molecule has 0 unspecified atom stereocenters. The van der Waals surface area contributed by atoms with Crippen LogP contribution in [-0.4, -0.2) is 28.3 Å². The third kappa shape index (κ3) is 3.10. The number of nitrogen functional groups attached to an aromatic ring is 1. The second-order valence-corrected chi connectivity index (χ2v) is 4.63. The van der Waals surface area contributed by atoms with E-state index in [1.807, 2.05) is 36.5 Å². The van der Waals surface area contributed by atoms with Crippen LogP contribution >= 0.6 is 11.8 Å². The zero-order valence-electron chi connectivity index (χ0n) is 10.4. The molecule has 2 heterocycles. The van der Waals surface area contributed by atoms with Gasteiger partial charge in [-0.1, -0.05) is 17.8 Å². The lowest BCUT2D eigenvalue weighted by Crippen LogP contribution is -2.18. The Morgan fingerprint density at radius 3 is 2.89 bits per heavy atom. The van der Waals surface area contributed by atoms with E-state index in [9.17, 15) is 0 Å². The Morgan fingerprint density at radius 1 is 1.39 bits per heavy atom. The Morgan fingerprint density at radius 2 is 2.22 bits per heavy atom. The van der Waals surface area contributed by atoms with Crippen molar-refractivity contribution in [1.29, 1.82) is 0 Å². The maximum atomic E-state index is 5.76. The average Bonchev–Trinajstić information content (AvgIpc) is 2.39. The van der Waals surface area contributed by atoms with Crippen LogP contribution in [0.25, 0.3) is 0 Å². The van der Waals surface area contributed by atoms with Crippen LogP contribution in [0.1, 0.15) is 5.56 Å². The van der Waals surface area contributed by atoms with Gasteiger partial charge < -0.3 is 10.6 Å². The molecule has 94 valence electrons. The summed E-state index contributed by atoms with van der Waals surface area (Å²) in [5.74, 6) is 1.30. The van der Waals surface area contributed by atoms with Gasteiger partial charge in [-0.3, -0.25) is 4.98 Å². The van der Waals surface area contributed by atoms with Crippen molar-refractivity contribution in [2.45, 2.75) is 11.7 Å². The van der Waals surface area contributed by atoms with E-state index in [-0.39, 0.29) is 0 Å². The summed E-state index contributed by atoms with van der Waals surface area (Å²) in [7, 11) is 1.97. The summed E-state index contributed by atoms with van der Waals surface area (Å²) in [5, 5.41) is 0.683. The lowest BCUT2D eigenvalue weighted by molar-refractivity contribution is 0.856. The fraction of sp³-hybridized carbons (Fsp3) is 0.250. The van der Waals surface area contributed by atoms with Gasteiger partial charge in [0.25, 0.3) is 0 Å². The lowest BCUT2D eigenvalue weighted by atomic mass is 10.3. The minimum absolute atomic E-state index is 0.488. The summed E-state index contributed by atoms with van der Waals surface area (Å²) >= 11 is 1.48. The predicted molar refractivity (Wildman–Crippen MR) is 74.6 cm³/mol. The quantitative estimate of drug-likeness (QED) is 0.669. The maximum absolute atomic E-state index is 5.76. The summed E-state index contributed by atoms with van der Waals surface area (Å²) in [6.45, 7) is 0.734. The maximum Gasteiger partial charge on any atom is 0.191 e. The molecule has 5 nitrogen and oxygen atoms in total. The third-order valence-corrected chi connectivity index (χ3v) is 2.98. The summed E-state index contributed by atoms with van der Waals surface area (Å²) in [6.07, 6.45) is 5.54. The second kappa shape index (κ2) is 5.68. The monoisotopic (exact) mass is 261 g/mol. The Hall–Kier alpha value is -1.82. The van der Waals surface area contributed by atoms with Crippen molar-refractivity contribution in [3.8, 4) is 0 Å². The number of anilines is 2. The third-order valence-electron chi connectivity index (χ3n) is 2.43. The van der Waals surface area contributed by atoms with Crippen LogP contribution in [-0.2, 0) is 6.54 Å². The van der Waals surface area contributed by atoms with Gasteiger partial charge in [0, 0.05) is 32.1 Å². The first kappa shape index (κ1) is 12.6. The molecule has 0 spiro atoms. The number of rotatable bonds is 4. The highest BCUT2D eigenvalue weighted by molar-refractivity contribution is 7.98. The van der Waals surface area contributed by atoms with Crippen LogP contribution in [0, 0.1) is 0 Å². The van der Waals surface area contributed by atoms with Crippen LogP contribution in [0.5, 0.6) is 0 Å². The van der Waals surface area contributed by atoms with Gasteiger partial charge in [0.05, 0.1) is 0 Å². The minimum Gasteiger partial charge on any atom is -0.383 e. The highest BCUT2D eigenvalue weighted by atomic mass is 32.2. The van der Waals surface area contributed by atoms with Gasteiger partial charge in [-0.15, -0.1) is 0 Å². The van der Waals surface area contributed by atoms with Crippen molar-refractivity contribution >= 4 is 23.4 Å². The van der Waals surface area contributed by atoms with E-state index in [1.165, 1.54) is 11.8 Å². The summed E-state index contributed by atoms with van der Waals surface area (Å²) < 4.78 is 0. The van der Waals surface area contributed by atoms with Crippen molar-refractivity contribution in [1.82, 2.24) is 15.0 Å². The molecule has 0 aliphatic heterocycles. The van der Waals surface area contributed by atoms with E-state index in [0.29, 0.717) is 11.0 Å². The van der Waals surface area contributed by atoms with Crippen molar-refractivity contribution < 1.29 is 0 Å². The number of hydrogen-bond acceptors (Lipinski definition) is 6. The Bertz CT molecular complexity index is 517. The Balaban J connectivity index is 2.18. The first-order chi connectivity index (χ1) is 8.69. The number of pyridine rings is 1. The molecule has 0 aromatic carbocycles. The molecule has 2 aromatic rings. The van der Waals surface area contributed by atoms with Crippen LogP contribution < -0.4 is 10.6 Å². The molecule has 18 heavy (non-hydrogen) atoms. The van der Waals surface area contributed by atoms with Crippen LogP contribution in [0.15, 0.2) is 35.7 Å². The molecule has 0 saturated carbocycles. The van der Waals surface area contributed by atoms with E-state index in [0.717, 1.165) is 17.9 Å². The SMILES string of the molecule is CSc1nc(N)cc(N(C)Cc2cccnc2)n1. The first-order valence-electron chi connectivity index (χ1n) is 5.47. The molecule has 0 radical (unpaired) electrons. The molecule has 0 atom stereocenters. The molecule has 0 aliphatic rings. The smallest absolute Gasteiger partial charge is 0.191 e. The van der Waals surface area contributed by atoms with Gasteiger partial charge >= 0.3 is 0 Å². The summed E-state index contributed by atoms with van der Waals surface area (Å²) in [4.78, 5) is 14.7. The molecule has 0 aliphatic carbocycles. The molecule has 2 aromatic heterocycles. The zero-order valence-corrected chi connectivity index (χ0v) is 11.2. The van der Waals surface area contributed by atoms with Crippen LogP contribution in [0.4, 0.5) is 11.6 Å². The van der Waals surface area contributed by atoms with Gasteiger partial charge in [-0.05, 0) is 17.9 Å². The van der Waals surface area contributed by atoms with Crippen molar-refractivity contribution in [3.05, 3.63) is 36.2 Å². The van der Waals surface area contributed by atoms with Crippen LogP contribution in [0.2, 0.25) is 0 Å². The number of aromatic nitrogens is 3. The van der Waals surface area contributed by atoms with E-state index < -0.39 is 0 Å². The molecule has 2 N–H and O–H groups in total. The van der Waals surface area contributed by atoms with Crippen molar-refractivity contribution in [3.63, 3.8) is 0 Å². The Kier molecular flexibility index (Phi) is 3.99. The van der Waals surface area contributed by atoms with Crippen LogP contribution in [0.3, 0.4) is 0 Å². The largest absolute Gasteiger partial charge is 0.383 e. The molecule has 6 heteroatoms. The number of thioether (sulfide) groups is 1.